The van der Waals surface area contributed by atoms with Crippen molar-refractivity contribution in [2.75, 3.05) is 0 Å². The van der Waals surface area contributed by atoms with Crippen LogP contribution in [0, 0.1) is 17.8 Å². The van der Waals surface area contributed by atoms with Crippen molar-refractivity contribution in [2.24, 2.45) is 17.8 Å². The highest BCUT2D eigenvalue weighted by molar-refractivity contribution is 5.15. The molecule has 2 aliphatic rings. The van der Waals surface area contributed by atoms with Crippen molar-refractivity contribution in [2.45, 2.75) is 52.4 Å². The largest absolute Gasteiger partial charge is 0.0825 e. The van der Waals surface area contributed by atoms with Gasteiger partial charge in [-0.3, -0.25) is 0 Å². The smallest absolute Gasteiger partial charge is 0.0175 e. The zero-order valence-corrected chi connectivity index (χ0v) is 9.05. The molecule has 0 nitrogen and oxygen atoms in total. The molecular formula is C13H22. The molecule has 74 valence electrons. The van der Waals surface area contributed by atoms with E-state index in [0.29, 0.717) is 0 Å². The molecule has 2 fully saturated rings. The fraction of sp³-hybridized carbons (Fsp3) is 0.846. The van der Waals surface area contributed by atoms with Crippen LogP contribution < -0.4 is 0 Å². The van der Waals surface area contributed by atoms with Crippen LogP contribution in [0.4, 0.5) is 0 Å². The van der Waals surface area contributed by atoms with Crippen LogP contribution in [0.2, 0.25) is 0 Å². The van der Waals surface area contributed by atoms with E-state index in [0.717, 1.165) is 17.8 Å². The molecule has 0 heterocycles. The summed E-state index contributed by atoms with van der Waals surface area (Å²) in [6.45, 7) is 4.62. The second kappa shape index (κ2) is 3.86. The molecule has 2 unspecified atom stereocenters. The van der Waals surface area contributed by atoms with Gasteiger partial charge in [0.2, 0.25) is 0 Å². The van der Waals surface area contributed by atoms with E-state index in [2.05, 4.69) is 19.9 Å². The highest BCUT2D eigenvalue weighted by atomic mass is 14.4. The fourth-order valence-electron chi connectivity index (χ4n) is 3.21. The summed E-state index contributed by atoms with van der Waals surface area (Å²) in [5.74, 6) is 2.82. The molecule has 0 heteroatoms. The van der Waals surface area contributed by atoms with Crippen LogP contribution in [0.25, 0.3) is 0 Å². The Morgan fingerprint density at radius 1 is 1.15 bits per heavy atom. The lowest BCUT2D eigenvalue weighted by molar-refractivity contribution is 0.302. The summed E-state index contributed by atoms with van der Waals surface area (Å²) in [5, 5.41) is 0. The van der Waals surface area contributed by atoms with Gasteiger partial charge in [0.1, 0.15) is 0 Å². The van der Waals surface area contributed by atoms with Crippen molar-refractivity contribution in [3.8, 4) is 0 Å². The summed E-state index contributed by atoms with van der Waals surface area (Å²) in [6.07, 6.45) is 11.4. The highest BCUT2D eigenvalue weighted by Gasteiger charge is 2.32. The average Bonchev–Trinajstić information content (AvgIpc) is 2.48. The number of hydrogen-bond donors (Lipinski definition) is 0. The van der Waals surface area contributed by atoms with E-state index in [1.54, 1.807) is 5.57 Å². The van der Waals surface area contributed by atoms with Crippen molar-refractivity contribution >= 4 is 0 Å². The third-order valence-corrected chi connectivity index (χ3v) is 3.74. The van der Waals surface area contributed by atoms with Gasteiger partial charge in [-0.05, 0) is 43.4 Å². The lowest BCUT2D eigenvalue weighted by atomic mass is 9.80. The SMILES string of the molecule is CC(C)/C=C1\CCC2CCCCC12. The first kappa shape index (κ1) is 9.30. The van der Waals surface area contributed by atoms with Gasteiger partial charge in [-0.25, -0.2) is 0 Å². The Bertz CT molecular complexity index is 200. The standard InChI is InChI=1S/C13H22/c1-10(2)9-12-8-7-11-5-3-4-6-13(11)12/h9-11,13H,3-8H2,1-2H3/b12-9+. The van der Waals surface area contributed by atoms with E-state index in [1.807, 2.05) is 0 Å². The zero-order valence-electron chi connectivity index (χ0n) is 9.05. The van der Waals surface area contributed by atoms with Crippen LogP contribution in [-0.4, -0.2) is 0 Å². The summed E-state index contributed by atoms with van der Waals surface area (Å²) < 4.78 is 0. The van der Waals surface area contributed by atoms with Gasteiger partial charge in [0.15, 0.2) is 0 Å². The Morgan fingerprint density at radius 2 is 1.92 bits per heavy atom. The summed E-state index contributed by atoms with van der Waals surface area (Å²) >= 11 is 0. The molecule has 13 heavy (non-hydrogen) atoms. The van der Waals surface area contributed by atoms with Crippen molar-refractivity contribution in [3.63, 3.8) is 0 Å². The maximum Gasteiger partial charge on any atom is -0.0175 e. The Morgan fingerprint density at radius 3 is 2.69 bits per heavy atom. The molecule has 2 saturated carbocycles. The van der Waals surface area contributed by atoms with E-state index in [9.17, 15) is 0 Å². The minimum absolute atomic E-state index is 0.760. The quantitative estimate of drug-likeness (QED) is 0.529. The van der Waals surface area contributed by atoms with E-state index < -0.39 is 0 Å². The molecule has 0 aromatic rings. The number of allylic oxidation sites excluding steroid dienone is 2. The molecule has 0 aromatic carbocycles. The van der Waals surface area contributed by atoms with Crippen LogP contribution in [0.5, 0.6) is 0 Å². The van der Waals surface area contributed by atoms with Crippen molar-refractivity contribution in [3.05, 3.63) is 11.6 Å². The predicted molar refractivity (Wildman–Crippen MR) is 57.6 cm³/mol. The van der Waals surface area contributed by atoms with Crippen LogP contribution in [0.15, 0.2) is 11.6 Å². The molecule has 0 spiro atoms. The van der Waals surface area contributed by atoms with Gasteiger partial charge in [-0.1, -0.05) is 38.3 Å². The summed E-state index contributed by atoms with van der Waals surface area (Å²) in [7, 11) is 0. The zero-order chi connectivity index (χ0) is 9.26. The minimum Gasteiger partial charge on any atom is -0.0825 e. The topological polar surface area (TPSA) is 0 Å². The summed E-state index contributed by atoms with van der Waals surface area (Å²) in [6, 6.07) is 0. The molecule has 0 aliphatic heterocycles. The Hall–Kier alpha value is -0.260. The van der Waals surface area contributed by atoms with Gasteiger partial charge in [-0.2, -0.15) is 0 Å². The Kier molecular flexibility index (Phi) is 2.76. The van der Waals surface area contributed by atoms with Gasteiger partial charge in [0.05, 0.1) is 0 Å². The molecule has 0 radical (unpaired) electrons. The first-order chi connectivity index (χ1) is 6.27. The van der Waals surface area contributed by atoms with Crippen molar-refractivity contribution in [1.29, 1.82) is 0 Å². The third kappa shape index (κ3) is 1.98. The molecule has 0 bridgehead atoms. The molecule has 0 saturated heterocycles. The van der Waals surface area contributed by atoms with Gasteiger partial charge in [0.25, 0.3) is 0 Å². The monoisotopic (exact) mass is 178 g/mol. The number of hydrogen-bond acceptors (Lipinski definition) is 0. The van der Waals surface area contributed by atoms with Gasteiger partial charge in [-0.15, -0.1) is 0 Å². The Balaban J connectivity index is 2.06. The second-order valence-electron chi connectivity index (χ2n) is 5.18. The fourth-order valence-corrected chi connectivity index (χ4v) is 3.21. The molecule has 0 amide bonds. The maximum atomic E-state index is 2.54. The molecule has 0 aromatic heterocycles. The number of fused-ring (bicyclic) bond motifs is 1. The molecule has 0 N–H and O–H groups in total. The Labute approximate surface area is 82.4 Å². The van der Waals surface area contributed by atoms with E-state index in [4.69, 9.17) is 0 Å². The van der Waals surface area contributed by atoms with Gasteiger partial charge < -0.3 is 0 Å². The highest BCUT2D eigenvalue weighted by Crippen LogP contribution is 2.45. The van der Waals surface area contributed by atoms with Gasteiger partial charge in [0, 0.05) is 0 Å². The number of rotatable bonds is 1. The van der Waals surface area contributed by atoms with Crippen molar-refractivity contribution < 1.29 is 0 Å². The van der Waals surface area contributed by atoms with Crippen molar-refractivity contribution in [1.82, 2.24) is 0 Å². The predicted octanol–water partition coefficient (Wildman–Crippen LogP) is 4.17. The molecule has 2 atom stereocenters. The van der Waals surface area contributed by atoms with Crippen LogP contribution in [0.3, 0.4) is 0 Å². The lowest BCUT2D eigenvalue weighted by Gasteiger charge is -2.26. The normalized spacial score (nSPS) is 37.0. The molecule has 2 aliphatic carbocycles. The third-order valence-electron chi connectivity index (χ3n) is 3.74. The first-order valence-electron chi connectivity index (χ1n) is 5.98. The van der Waals surface area contributed by atoms with Gasteiger partial charge >= 0.3 is 0 Å². The second-order valence-corrected chi connectivity index (χ2v) is 5.18. The van der Waals surface area contributed by atoms with Crippen LogP contribution >= 0.6 is 0 Å². The average molecular weight is 178 g/mol. The van der Waals surface area contributed by atoms with E-state index in [1.165, 1.54) is 38.5 Å². The van der Waals surface area contributed by atoms with E-state index in [-0.39, 0.29) is 0 Å². The summed E-state index contributed by atoms with van der Waals surface area (Å²) in [5.41, 5.74) is 1.81. The van der Waals surface area contributed by atoms with Crippen LogP contribution in [-0.2, 0) is 0 Å². The van der Waals surface area contributed by atoms with Crippen LogP contribution in [0.1, 0.15) is 52.4 Å². The van der Waals surface area contributed by atoms with E-state index >= 15 is 0 Å². The molecular weight excluding hydrogens is 156 g/mol. The lowest BCUT2D eigenvalue weighted by Crippen LogP contribution is -2.14. The maximum absolute atomic E-state index is 2.54. The summed E-state index contributed by atoms with van der Waals surface area (Å²) in [4.78, 5) is 0. The first-order valence-corrected chi connectivity index (χ1v) is 5.98. The minimum atomic E-state index is 0.760. The molecule has 2 rings (SSSR count).